The smallest absolute Gasteiger partial charge is 0.485 e. The van der Waals surface area contributed by atoms with Gasteiger partial charge in [0.15, 0.2) is 5.83 Å². The molecule has 0 saturated heterocycles. The summed E-state index contributed by atoms with van der Waals surface area (Å²) in [7, 11) is -1.02. The molecule has 0 aromatic carbocycles. The molecule has 0 aromatic heterocycles. The Hall–Kier alpha value is -0.683. The van der Waals surface area contributed by atoms with Gasteiger partial charge >= 0.3 is 16.0 Å². The van der Waals surface area contributed by atoms with E-state index in [1.54, 1.807) is 0 Å². The van der Waals surface area contributed by atoms with Crippen molar-refractivity contribution in [1.82, 2.24) is 0 Å². The Labute approximate surface area is 47.8 Å². The zero-order chi connectivity index (χ0) is 6.57. The molecule has 0 saturated carbocycles. The fraction of sp³-hybridized carbons (Fsp3) is 0. The lowest BCUT2D eigenvalue weighted by molar-refractivity contribution is -0.132. The summed E-state index contributed by atoms with van der Waals surface area (Å²) < 4.78 is 15.3. The van der Waals surface area contributed by atoms with Crippen molar-refractivity contribution in [3.05, 3.63) is 12.4 Å². The van der Waals surface area contributed by atoms with Crippen LogP contribution in [0.3, 0.4) is 0 Å². The highest BCUT2D eigenvalue weighted by Crippen LogP contribution is 1.91. The molecule has 5 heteroatoms. The first-order valence-electron chi connectivity index (χ1n) is 1.63. The van der Waals surface area contributed by atoms with Crippen molar-refractivity contribution in [2.45, 2.75) is 0 Å². The van der Waals surface area contributed by atoms with E-state index >= 15 is 0 Å². The summed E-state index contributed by atoms with van der Waals surface area (Å²) in [6.07, 6.45) is 0. The van der Waals surface area contributed by atoms with E-state index in [0.29, 0.717) is 0 Å². The highest BCUT2D eigenvalue weighted by molar-refractivity contribution is 6.21. The summed E-state index contributed by atoms with van der Waals surface area (Å²) >= 11 is 0. The van der Waals surface area contributed by atoms with Gasteiger partial charge in [-0.05, 0) is 0 Å². The third-order valence-electron chi connectivity index (χ3n) is 0.360. The van der Waals surface area contributed by atoms with Crippen molar-refractivity contribution >= 4 is 16.0 Å². The molecular weight excluding hydrogens is 131 g/mol. The van der Waals surface area contributed by atoms with Gasteiger partial charge in [0.05, 0.1) is 0 Å². The Morgan fingerprint density at radius 3 is 2.50 bits per heavy atom. The van der Waals surface area contributed by atoms with Gasteiger partial charge in [-0.15, -0.1) is 0 Å². The maximum Gasteiger partial charge on any atom is 0.520 e. The van der Waals surface area contributed by atoms with Crippen molar-refractivity contribution in [3.8, 4) is 0 Å². The van der Waals surface area contributed by atoms with Crippen molar-refractivity contribution in [1.29, 1.82) is 0 Å². The highest BCUT2D eigenvalue weighted by Gasteiger charge is 2.05. The normalized spacial score (nSPS) is 8.25. The van der Waals surface area contributed by atoms with Crippen LogP contribution in [0.15, 0.2) is 12.4 Å². The van der Waals surface area contributed by atoms with Gasteiger partial charge < -0.3 is 9.22 Å². The van der Waals surface area contributed by atoms with Crippen LogP contribution in [0.25, 0.3) is 0 Å². The van der Waals surface area contributed by atoms with Crippen LogP contribution in [0.4, 0.5) is 4.39 Å². The minimum atomic E-state index is -1.22. The van der Waals surface area contributed by atoms with Crippen molar-refractivity contribution in [2.75, 3.05) is 0 Å². The van der Waals surface area contributed by atoms with Gasteiger partial charge in [0.25, 0.3) is 0 Å². The molecule has 0 aliphatic rings. The van der Waals surface area contributed by atoms with Crippen LogP contribution in [-0.2, 0) is 9.22 Å². The molecule has 0 aromatic rings. The highest BCUT2D eigenvalue weighted by atomic mass is 28.2. The SMILES string of the molecule is C=C(F)C(=O)O[Si]O. The number of carbonyl (C=O) groups is 1. The van der Waals surface area contributed by atoms with Crippen molar-refractivity contribution in [2.24, 2.45) is 0 Å². The molecule has 1 N–H and O–H groups in total. The molecule has 0 spiro atoms. The Bertz CT molecular complexity index is 113. The summed E-state index contributed by atoms with van der Waals surface area (Å²) in [5.74, 6) is -2.42. The topological polar surface area (TPSA) is 46.5 Å². The predicted octanol–water partition coefficient (Wildman–Crippen LogP) is -0.461. The maximum atomic E-state index is 11.5. The van der Waals surface area contributed by atoms with Gasteiger partial charge in [0.1, 0.15) is 0 Å². The van der Waals surface area contributed by atoms with Crippen LogP contribution in [0.1, 0.15) is 0 Å². The molecule has 0 aliphatic heterocycles. The first-order valence-corrected chi connectivity index (χ1v) is 2.48. The number of carbonyl (C=O) groups excluding carboxylic acids is 1. The summed E-state index contributed by atoms with van der Waals surface area (Å²) in [6.45, 7) is 2.63. The van der Waals surface area contributed by atoms with E-state index in [1.165, 1.54) is 0 Å². The average molecular weight is 134 g/mol. The van der Waals surface area contributed by atoms with Crippen molar-refractivity contribution in [3.63, 3.8) is 0 Å². The zero-order valence-electron chi connectivity index (χ0n) is 3.85. The monoisotopic (exact) mass is 134 g/mol. The summed E-state index contributed by atoms with van der Waals surface area (Å²) in [5.41, 5.74) is 0. The van der Waals surface area contributed by atoms with E-state index in [4.69, 9.17) is 4.80 Å². The number of hydrogen-bond donors (Lipinski definition) is 1. The standard InChI is InChI=1S/C3H3FO3Si/c1-2(4)3(5)7-8-6/h6H,1H2. The average Bonchev–Trinajstić information content (AvgIpc) is 1.67. The van der Waals surface area contributed by atoms with E-state index in [9.17, 15) is 9.18 Å². The van der Waals surface area contributed by atoms with Crippen LogP contribution in [-0.4, -0.2) is 20.8 Å². The Balaban J connectivity index is 3.49. The Kier molecular flexibility index (Phi) is 3.05. The first-order chi connectivity index (χ1) is 3.68. The fourth-order valence-corrected chi connectivity index (χ4v) is 0.290. The van der Waals surface area contributed by atoms with Crippen molar-refractivity contribution < 1.29 is 18.4 Å². The summed E-state index contributed by atoms with van der Waals surface area (Å²) in [4.78, 5) is 17.8. The fourth-order valence-electron chi connectivity index (χ4n) is 0.0968. The lowest BCUT2D eigenvalue weighted by atomic mass is 10.6. The van der Waals surface area contributed by atoms with Crippen LogP contribution >= 0.6 is 0 Å². The third kappa shape index (κ3) is 2.48. The molecule has 0 aliphatic carbocycles. The van der Waals surface area contributed by atoms with Crippen LogP contribution in [0.5, 0.6) is 0 Å². The molecule has 0 heterocycles. The van der Waals surface area contributed by atoms with Crippen LogP contribution < -0.4 is 0 Å². The van der Waals surface area contributed by atoms with Crippen LogP contribution in [0.2, 0.25) is 0 Å². The Morgan fingerprint density at radius 2 is 2.38 bits per heavy atom. The number of rotatable bonds is 2. The lowest BCUT2D eigenvalue weighted by Gasteiger charge is -1.91. The van der Waals surface area contributed by atoms with Gasteiger partial charge in [0, 0.05) is 0 Å². The molecule has 0 fully saturated rings. The molecule has 44 valence electrons. The minimum absolute atomic E-state index is 1.02. The molecule has 0 rings (SSSR count). The van der Waals surface area contributed by atoms with E-state index in [0.717, 1.165) is 0 Å². The molecule has 8 heavy (non-hydrogen) atoms. The van der Waals surface area contributed by atoms with Gasteiger partial charge in [-0.2, -0.15) is 4.39 Å². The van der Waals surface area contributed by atoms with E-state index in [1.807, 2.05) is 0 Å². The van der Waals surface area contributed by atoms with Gasteiger partial charge in [0.2, 0.25) is 0 Å². The maximum absolute atomic E-state index is 11.5. The molecular formula is C3H3FO3Si. The van der Waals surface area contributed by atoms with E-state index < -0.39 is 21.8 Å². The lowest BCUT2D eigenvalue weighted by Crippen LogP contribution is -2.07. The molecule has 0 bridgehead atoms. The van der Waals surface area contributed by atoms with E-state index in [-0.39, 0.29) is 0 Å². The predicted molar refractivity (Wildman–Crippen MR) is 24.3 cm³/mol. The van der Waals surface area contributed by atoms with E-state index in [2.05, 4.69) is 11.0 Å². The third-order valence-corrected chi connectivity index (χ3v) is 0.637. The zero-order valence-corrected chi connectivity index (χ0v) is 4.85. The second kappa shape index (κ2) is 3.34. The second-order valence-corrected chi connectivity index (χ2v) is 1.27. The first kappa shape index (κ1) is 7.32. The molecule has 0 amide bonds. The largest absolute Gasteiger partial charge is 0.520 e. The summed E-state index contributed by atoms with van der Waals surface area (Å²) in [5, 5.41) is 0. The Morgan fingerprint density at radius 1 is 1.88 bits per heavy atom. The van der Waals surface area contributed by atoms with Crippen LogP contribution in [0, 0.1) is 0 Å². The second-order valence-electron chi connectivity index (χ2n) is 0.886. The quantitative estimate of drug-likeness (QED) is 0.410. The van der Waals surface area contributed by atoms with Gasteiger partial charge in [-0.25, -0.2) is 4.79 Å². The summed E-state index contributed by atoms with van der Waals surface area (Å²) in [6, 6.07) is 0. The molecule has 0 atom stereocenters. The van der Waals surface area contributed by atoms with Gasteiger partial charge in [-0.1, -0.05) is 6.58 Å². The van der Waals surface area contributed by atoms with Gasteiger partial charge in [-0.3, -0.25) is 0 Å². The number of halogens is 1. The molecule has 3 nitrogen and oxygen atoms in total. The number of hydrogen-bond acceptors (Lipinski definition) is 3. The molecule has 2 radical (unpaired) electrons. The molecule has 0 unspecified atom stereocenters. The minimum Gasteiger partial charge on any atom is -0.485 e.